The molecule has 11 heteroatoms. The van der Waals surface area contributed by atoms with Gasteiger partial charge in [0.25, 0.3) is 0 Å². The first-order chi connectivity index (χ1) is 32.2. The van der Waals surface area contributed by atoms with Crippen molar-refractivity contribution < 1.29 is 49.3 Å². The Hall–Kier alpha value is -2.12. The molecular weight excluding hydrogens is 835 g/mol. The van der Waals surface area contributed by atoms with E-state index < -0.39 is 49.5 Å². The number of aliphatic hydroxyl groups is 5. The predicted octanol–water partition coefficient (Wildman–Crippen LogP) is 11.6. The Morgan fingerprint density at radius 1 is 0.561 bits per heavy atom. The molecule has 1 aliphatic heterocycles. The van der Waals surface area contributed by atoms with Crippen LogP contribution < -0.4 is 5.32 Å². The lowest BCUT2D eigenvalue weighted by Crippen LogP contribution is -2.60. The molecule has 0 aromatic heterocycles. The number of hydrogen-bond donors (Lipinski definition) is 6. The number of esters is 1. The fourth-order valence-electron chi connectivity index (χ4n) is 8.35. The van der Waals surface area contributed by atoms with Crippen LogP contribution in [0.15, 0.2) is 36.5 Å². The van der Waals surface area contributed by atoms with Crippen molar-refractivity contribution in [3.63, 3.8) is 0 Å². The van der Waals surface area contributed by atoms with Gasteiger partial charge in [0.2, 0.25) is 5.91 Å². The third kappa shape index (κ3) is 35.1. The molecule has 0 spiro atoms. The lowest BCUT2D eigenvalue weighted by Gasteiger charge is -2.40. The average molecular weight is 936 g/mol. The second-order valence-corrected chi connectivity index (χ2v) is 18.9. The fraction of sp³-hybridized carbons (Fsp3) is 0.855. The predicted molar refractivity (Wildman–Crippen MR) is 269 cm³/mol. The summed E-state index contributed by atoms with van der Waals surface area (Å²) in [4.78, 5) is 25.0. The van der Waals surface area contributed by atoms with Gasteiger partial charge in [0, 0.05) is 12.8 Å². The van der Waals surface area contributed by atoms with Crippen LogP contribution in [-0.4, -0.2) is 100 Å². The molecule has 1 heterocycles. The van der Waals surface area contributed by atoms with E-state index in [2.05, 4.69) is 43.5 Å². The summed E-state index contributed by atoms with van der Waals surface area (Å²) in [5.41, 5.74) is 0. The minimum absolute atomic E-state index is 0.0323. The highest BCUT2D eigenvalue weighted by atomic mass is 16.7. The van der Waals surface area contributed by atoms with E-state index in [-0.39, 0.29) is 18.5 Å². The normalized spacial score (nSPS) is 19.9. The Morgan fingerprint density at radius 2 is 1.02 bits per heavy atom. The maximum Gasteiger partial charge on any atom is 0.305 e. The summed E-state index contributed by atoms with van der Waals surface area (Å²) < 4.78 is 16.6. The Labute approximate surface area is 403 Å². The van der Waals surface area contributed by atoms with E-state index in [1.54, 1.807) is 6.08 Å². The van der Waals surface area contributed by atoms with Crippen molar-refractivity contribution in [2.24, 2.45) is 0 Å². The summed E-state index contributed by atoms with van der Waals surface area (Å²) in [5, 5.41) is 54.1. The molecule has 7 unspecified atom stereocenters. The molecule has 1 saturated heterocycles. The highest BCUT2D eigenvalue weighted by Crippen LogP contribution is 2.23. The van der Waals surface area contributed by atoms with Crippen LogP contribution in [0.4, 0.5) is 0 Å². The molecular formula is C55H101NO10. The zero-order valence-electron chi connectivity index (χ0n) is 42.2. The third-order valence-corrected chi connectivity index (χ3v) is 12.7. The minimum atomic E-state index is -1.58. The summed E-state index contributed by atoms with van der Waals surface area (Å²) >= 11 is 0. The van der Waals surface area contributed by atoms with Gasteiger partial charge in [-0.25, -0.2) is 0 Å². The third-order valence-electron chi connectivity index (χ3n) is 12.7. The molecule has 7 atom stereocenters. The number of amides is 1. The maximum atomic E-state index is 13.0. The summed E-state index contributed by atoms with van der Waals surface area (Å²) in [6.45, 7) is 4.24. The van der Waals surface area contributed by atoms with E-state index >= 15 is 0 Å². The van der Waals surface area contributed by atoms with Crippen molar-refractivity contribution in [3.05, 3.63) is 36.5 Å². The molecule has 0 aliphatic carbocycles. The van der Waals surface area contributed by atoms with Crippen LogP contribution in [0.2, 0.25) is 0 Å². The number of carbonyl (C=O) groups excluding carboxylic acids is 2. The second-order valence-electron chi connectivity index (χ2n) is 18.9. The fourth-order valence-corrected chi connectivity index (χ4v) is 8.35. The topological polar surface area (TPSA) is 175 Å². The lowest BCUT2D eigenvalue weighted by molar-refractivity contribution is -0.302. The number of allylic oxidation sites excluding steroid dienone is 5. The van der Waals surface area contributed by atoms with Gasteiger partial charge in [0.1, 0.15) is 24.4 Å². The highest BCUT2D eigenvalue weighted by Gasteiger charge is 2.44. The van der Waals surface area contributed by atoms with Crippen LogP contribution in [0.1, 0.15) is 239 Å². The molecule has 386 valence electrons. The van der Waals surface area contributed by atoms with Crippen LogP contribution in [0, 0.1) is 0 Å². The standard InChI is InChI=1S/C55H101NO10/c1-3-5-7-9-11-13-14-23-27-31-35-39-43-51(60)64-44-40-36-32-28-24-21-19-17-15-16-18-20-22-26-30-34-38-42-50(59)56-47(48(58)41-37-33-29-25-12-10-8-6-4-2)46-65-55-54(63)53(62)52(61)49(45-57)66-55/h15,17,21,24,37,41,47-49,52-55,57-58,61-63H,3-14,16,18-20,22-23,25-36,38-40,42-46H2,1-2H3,(H,56,59)/b17-15-,24-21-,41-37+. The average Bonchev–Trinajstić information content (AvgIpc) is 3.31. The van der Waals surface area contributed by atoms with Gasteiger partial charge in [-0.3, -0.25) is 9.59 Å². The monoisotopic (exact) mass is 936 g/mol. The number of unbranched alkanes of at least 4 members (excludes halogenated alkanes) is 28. The van der Waals surface area contributed by atoms with Crippen molar-refractivity contribution in [3.8, 4) is 0 Å². The second kappa shape index (κ2) is 45.3. The van der Waals surface area contributed by atoms with Gasteiger partial charge in [-0.2, -0.15) is 0 Å². The molecule has 0 radical (unpaired) electrons. The lowest BCUT2D eigenvalue weighted by atomic mass is 9.99. The number of aliphatic hydroxyl groups excluding tert-OH is 5. The van der Waals surface area contributed by atoms with E-state index in [4.69, 9.17) is 14.2 Å². The largest absolute Gasteiger partial charge is 0.466 e. The summed E-state index contributed by atoms with van der Waals surface area (Å²) in [5.74, 6) is -0.233. The van der Waals surface area contributed by atoms with E-state index in [1.807, 2.05) is 6.08 Å². The zero-order chi connectivity index (χ0) is 48.1. The van der Waals surface area contributed by atoms with Crippen molar-refractivity contribution >= 4 is 11.9 Å². The number of rotatable bonds is 46. The van der Waals surface area contributed by atoms with Crippen LogP contribution in [0.25, 0.3) is 0 Å². The molecule has 0 aromatic rings. The zero-order valence-corrected chi connectivity index (χ0v) is 42.2. The van der Waals surface area contributed by atoms with Crippen molar-refractivity contribution in [1.29, 1.82) is 0 Å². The quantitative estimate of drug-likeness (QED) is 0.0196. The first kappa shape index (κ1) is 61.9. The van der Waals surface area contributed by atoms with E-state index in [0.29, 0.717) is 19.4 Å². The Bertz CT molecular complexity index is 1190. The van der Waals surface area contributed by atoms with Gasteiger partial charge in [0.05, 0.1) is 32.0 Å². The van der Waals surface area contributed by atoms with Gasteiger partial charge < -0.3 is 45.1 Å². The smallest absolute Gasteiger partial charge is 0.305 e. The minimum Gasteiger partial charge on any atom is -0.466 e. The molecule has 0 saturated carbocycles. The molecule has 1 rings (SSSR count). The van der Waals surface area contributed by atoms with Crippen molar-refractivity contribution in [2.75, 3.05) is 19.8 Å². The molecule has 0 aromatic carbocycles. The first-order valence-electron chi connectivity index (χ1n) is 27.3. The summed E-state index contributed by atoms with van der Waals surface area (Å²) in [6.07, 6.45) is 43.8. The molecule has 0 bridgehead atoms. The molecule has 1 aliphatic rings. The van der Waals surface area contributed by atoms with Gasteiger partial charge in [-0.05, 0) is 70.6 Å². The van der Waals surface area contributed by atoms with Gasteiger partial charge >= 0.3 is 5.97 Å². The summed E-state index contributed by atoms with van der Waals surface area (Å²) in [6, 6.07) is -0.820. The van der Waals surface area contributed by atoms with Crippen LogP contribution in [0.3, 0.4) is 0 Å². The number of carbonyl (C=O) groups is 2. The van der Waals surface area contributed by atoms with E-state index in [0.717, 1.165) is 96.3 Å². The van der Waals surface area contributed by atoms with Gasteiger partial charge in [0.15, 0.2) is 6.29 Å². The number of nitrogens with one attached hydrogen (secondary N) is 1. The maximum absolute atomic E-state index is 13.0. The summed E-state index contributed by atoms with van der Waals surface area (Å²) in [7, 11) is 0. The van der Waals surface area contributed by atoms with Gasteiger partial charge in [-0.15, -0.1) is 0 Å². The SMILES string of the molecule is CCCCCCCCC/C=C/C(O)C(COC1OC(CO)C(O)C(O)C1O)NC(=O)CCCCCCCCC/C=C\C/C=C\CCCCCOC(=O)CCCCCCCCCCCCCC. The first-order valence-corrected chi connectivity index (χ1v) is 27.3. The van der Waals surface area contributed by atoms with Gasteiger partial charge in [-0.1, -0.05) is 192 Å². The Morgan fingerprint density at radius 3 is 1.53 bits per heavy atom. The molecule has 11 nitrogen and oxygen atoms in total. The van der Waals surface area contributed by atoms with Crippen LogP contribution in [0.5, 0.6) is 0 Å². The Kier molecular flexibility index (Phi) is 42.5. The van der Waals surface area contributed by atoms with Crippen molar-refractivity contribution in [1.82, 2.24) is 5.32 Å². The van der Waals surface area contributed by atoms with E-state index in [9.17, 15) is 35.1 Å². The molecule has 66 heavy (non-hydrogen) atoms. The molecule has 1 fully saturated rings. The van der Waals surface area contributed by atoms with E-state index in [1.165, 1.54) is 116 Å². The number of ether oxygens (including phenoxy) is 3. The van der Waals surface area contributed by atoms with Crippen LogP contribution >= 0.6 is 0 Å². The number of hydrogen-bond acceptors (Lipinski definition) is 10. The van der Waals surface area contributed by atoms with Crippen molar-refractivity contribution in [2.45, 2.75) is 281 Å². The Balaban J connectivity index is 2.12. The van der Waals surface area contributed by atoms with Crippen LogP contribution in [-0.2, 0) is 23.8 Å². The molecule has 1 amide bonds. The highest BCUT2D eigenvalue weighted by molar-refractivity contribution is 5.76. The molecule has 6 N–H and O–H groups in total.